The Morgan fingerprint density at radius 1 is 1.25 bits per heavy atom. The topological polar surface area (TPSA) is 53.4 Å². The van der Waals surface area contributed by atoms with Gasteiger partial charge < -0.3 is 10.0 Å². The quantitative estimate of drug-likeness (QED) is 0.910. The van der Waals surface area contributed by atoms with Crippen molar-refractivity contribution in [3.8, 4) is 5.75 Å². The first-order valence-electron chi connectivity index (χ1n) is 6.72. The van der Waals surface area contributed by atoms with Gasteiger partial charge in [0, 0.05) is 25.2 Å². The van der Waals surface area contributed by atoms with Gasteiger partial charge >= 0.3 is 0 Å². The Hall–Kier alpha value is -2.36. The second-order valence-electron chi connectivity index (χ2n) is 5.08. The fraction of sp³-hybridized carbons (Fsp3) is 0.250. The highest BCUT2D eigenvalue weighted by atomic mass is 16.3. The van der Waals surface area contributed by atoms with Crippen LogP contribution in [0.4, 0.5) is 0 Å². The number of carbonyl (C=O) groups excluding carboxylic acids is 1. The van der Waals surface area contributed by atoms with Crippen molar-refractivity contribution in [2.24, 2.45) is 0 Å². The van der Waals surface area contributed by atoms with E-state index in [-0.39, 0.29) is 11.7 Å². The van der Waals surface area contributed by atoms with Crippen molar-refractivity contribution in [3.63, 3.8) is 0 Å². The lowest BCUT2D eigenvalue weighted by atomic mass is 9.99. The SMILES string of the molecule is O=C(c1cncc(O)c1)N1CCC(c2ccccc2)C1. The normalized spacial score (nSPS) is 18.2. The van der Waals surface area contributed by atoms with Gasteiger partial charge in [0.15, 0.2) is 0 Å². The van der Waals surface area contributed by atoms with Gasteiger partial charge in [0.2, 0.25) is 0 Å². The smallest absolute Gasteiger partial charge is 0.255 e. The van der Waals surface area contributed by atoms with Gasteiger partial charge in [-0.15, -0.1) is 0 Å². The van der Waals surface area contributed by atoms with Crippen LogP contribution in [0.2, 0.25) is 0 Å². The highest BCUT2D eigenvalue weighted by Gasteiger charge is 2.28. The van der Waals surface area contributed by atoms with Crippen LogP contribution < -0.4 is 0 Å². The number of benzene rings is 1. The molecule has 1 aliphatic rings. The van der Waals surface area contributed by atoms with Gasteiger partial charge in [0.25, 0.3) is 5.91 Å². The van der Waals surface area contributed by atoms with Crippen molar-refractivity contribution in [1.82, 2.24) is 9.88 Å². The molecule has 3 rings (SSSR count). The molecule has 102 valence electrons. The standard InChI is InChI=1S/C16H16N2O2/c19-15-8-14(9-17-10-15)16(20)18-7-6-13(11-18)12-4-2-1-3-5-12/h1-5,8-10,13,19H,6-7,11H2. The van der Waals surface area contributed by atoms with Gasteiger partial charge in [-0.25, -0.2) is 0 Å². The first kappa shape index (κ1) is 12.7. The van der Waals surface area contributed by atoms with Crippen LogP contribution >= 0.6 is 0 Å². The third-order valence-electron chi connectivity index (χ3n) is 3.72. The van der Waals surface area contributed by atoms with Crippen molar-refractivity contribution in [2.75, 3.05) is 13.1 Å². The monoisotopic (exact) mass is 268 g/mol. The molecule has 0 spiro atoms. The van der Waals surface area contributed by atoms with Crippen LogP contribution in [0, 0.1) is 0 Å². The number of carbonyl (C=O) groups is 1. The first-order valence-corrected chi connectivity index (χ1v) is 6.72. The van der Waals surface area contributed by atoms with Gasteiger partial charge in [-0.2, -0.15) is 0 Å². The summed E-state index contributed by atoms with van der Waals surface area (Å²) in [5.74, 6) is 0.354. The number of rotatable bonds is 2. The summed E-state index contributed by atoms with van der Waals surface area (Å²) in [6.45, 7) is 1.46. The second kappa shape index (κ2) is 5.33. The van der Waals surface area contributed by atoms with E-state index in [4.69, 9.17) is 0 Å². The Kier molecular flexibility index (Phi) is 3.37. The van der Waals surface area contributed by atoms with Crippen LogP contribution in [0.25, 0.3) is 0 Å². The molecule has 2 aromatic rings. The first-order chi connectivity index (χ1) is 9.74. The number of hydrogen-bond donors (Lipinski definition) is 1. The molecule has 1 amide bonds. The van der Waals surface area contributed by atoms with E-state index in [1.54, 1.807) is 0 Å². The third-order valence-corrected chi connectivity index (χ3v) is 3.72. The lowest BCUT2D eigenvalue weighted by molar-refractivity contribution is 0.0790. The molecule has 4 heteroatoms. The highest BCUT2D eigenvalue weighted by Crippen LogP contribution is 2.28. The molecule has 2 heterocycles. The Morgan fingerprint density at radius 2 is 2.05 bits per heavy atom. The molecule has 0 bridgehead atoms. The molecule has 1 fully saturated rings. The summed E-state index contributed by atoms with van der Waals surface area (Å²) in [4.78, 5) is 18.0. The average Bonchev–Trinajstić information content (AvgIpc) is 2.97. The van der Waals surface area contributed by atoms with E-state index in [0.717, 1.165) is 19.5 Å². The minimum atomic E-state index is -0.0631. The van der Waals surface area contributed by atoms with E-state index in [2.05, 4.69) is 17.1 Å². The maximum atomic E-state index is 12.4. The zero-order valence-electron chi connectivity index (χ0n) is 11.1. The van der Waals surface area contributed by atoms with Crippen LogP contribution in [0.1, 0.15) is 28.3 Å². The number of hydrogen-bond acceptors (Lipinski definition) is 3. The summed E-state index contributed by atoms with van der Waals surface area (Å²) >= 11 is 0. The van der Waals surface area contributed by atoms with Crippen molar-refractivity contribution in [2.45, 2.75) is 12.3 Å². The molecule has 0 saturated carbocycles. The number of nitrogens with zero attached hydrogens (tertiary/aromatic N) is 2. The second-order valence-corrected chi connectivity index (χ2v) is 5.08. The van der Waals surface area contributed by atoms with Gasteiger partial charge in [-0.1, -0.05) is 30.3 Å². The van der Waals surface area contributed by atoms with Gasteiger partial charge in [0.1, 0.15) is 5.75 Å². The van der Waals surface area contributed by atoms with E-state index in [0.29, 0.717) is 11.5 Å². The number of aromatic nitrogens is 1. The van der Waals surface area contributed by atoms with Crippen LogP contribution in [0.5, 0.6) is 5.75 Å². The Balaban J connectivity index is 1.73. The predicted octanol–water partition coefficient (Wildman–Crippen LogP) is 2.42. The number of likely N-dealkylation sites (tertiary alicyclic amines) is 1. The molecule has 1 saturated heterocycles. The Bertz CT molecular complexity index is 613. The Labute approximate surface area is 117 Å². The predicted molar refractivity (Wildman–Crippen MR) is 75.6 cm³/mol. The maximum Gasteiger partial charge on any atom is 0.255 e. The molecule has 0 aliphatic carbocycles. The zero-order valence-corrected chi connectivity index (χ0v) is 11.1. The summed E-state index contributed by atoms with van der Waals surface area (Å²) in [6, 6.07) is 11.7. The summed E-state index contributed by atoms with van der Waals surface area (Å²) in [5, 5.41) is 9.40. The molecule has 1 aliphatic heterocycles. The van der Waals surface area contributed by atoms with E-state index in [1.807, 2.05) is 23.1 Å². The largest absolute Gasteiger partial charge is 0.506 e. The summed E-state index contributed by atoms with van der Waals surface area (Å²) in [5.41, 5.74) is 1.72. The maximum absolute atomic E-state index is 12.4. The van der Waals surface area contributed by atoms with E-state index >= 15 is 0 Å². The number of amides is 1. The fourth-order valence-corrected chi connectivity index (χ4v) is 2.67. The van der Waals surface area contributed by atoms with Crippen molar-refractivity contribution < 1.29 is 9.90 Å². The van der Waals surface area contributed by atoms with E-state index < -0.39 is 0 Å². The highest BCUT2D eigenvalue weighted by molar-refractivity contribution is 5.94. The third kappa shape index (κ3) is 2.50. The van der Waals surface area contributed by atoms with Crippen LogP contribution in [0.15, 0.2) is 48.8 Å². The van der Waals surface area contributed by atoms with Crippen LogP contribution in [-0.2, 0) is 0 Å². The molecular formula is C16H16N2O2. The van der Waals surface area contributed by atoms with Gasteiger partial charge in [-0.3, -0.25) is 9.78 Å². The molecule has 1 N–H and O–H groups in total. The van der Waals surface area contributed by atoms with Gasteiger partial charge in [0.05, 0.1) is 11.8 Å². The lowest BCUT2D eigenvalue weighted by Gasteiger charge is -2.16. The Morgan fingerprint density at radius 3 is 2.80 bits per heavy atom. The minimum Gasteiger partial charge on any atom is -0.506 e. The van der Waals surface area contributed by atoms with Crippen molar-refractivity contribution in [3.05, 3.63) is 59.9 Å². The molecule has 20 heavy (non-hydrogen) atoms. The molecule has 1 atom stereocenters. The molecule has 4 nitrogen and oxygen atoms in total. The fourth-order valence-electron chi connectivity index (χ4n) is 2.67. The van der Waals surface area contributed by atoms with Crippen LogP contribution in [-0.4, -0.2) is 34.0 Å². The molecule has 1 aromatic carbocycles. The lowest BCUT2D eigenvalue weighted by Crippen LogP contribution is -2.28. The van der Waals surface area contributed by atoms with Crippen molar-refractivity contribution in [1.29, 1.82) is 0 Å². The zero-order chi connectivity index (χ0) is 13.9. The average molecular weight is 268 g/mol. The van der Waals surface area contributed by atoms with E-state index in [9.17, 15) is 9.90 Å². The molecule has 1 aromatic heterocycles. The van der Waals surface area contributed by atoms with E-state index in [1.165, 1.54) is 24.0 Å². The number of aromatic hydroxyl groups is 1. The molecule has 1 unspecified atom stereocenters. The van der Waals surface area contributed by atoms with Crippen LogP contribution in [0.3, 0.4) is 0 Å². The van der Waals surface area contributed by atoms with Crippen molar-refractivity contribution >= 4 is 5.91 Å². The summed E-state index contributed by atoms with van der Waals surface area (Å²) < 4.78 is 0. The van der Waals surface area contributed by atoms with Gasteiger partial charge in [-0.05, 0) is 18.1 Å². The molecule has 0 radical (unpaired) electrons. The summed E-state index contributed by atoms with van der Waals surface area (Å²) in [6.07, 6.45) is 3.80. The number of pyridine rings is 1. The minimum absolute atomic E-state index is 0.0228. The molecular weight excluding hydrogens is 252 g/mol. The summed E-state index contributed by atoms with van der Waals surface area (Å²) in [7, 11) is 0.